The largest absolute Gasteiger partial charge is 0.370 e. The summed E-state index contributed by atoms with van der Waals surface area (Å²) in [5.74, 6) is -0.562. The fourth-order valence-electron chi connectivity index (χ4n) is 4.60. The van der Waals surface area contributed by atoms with Crippen molar-refractivity contribution >= 4 is 11.8 Å². The molecule has 0 aliphatic carbocycles. The van der Waals surface area contributed by atoms with Crippen LogP contribution in [0.25, 0.3) is 0 Å². The van der Waals surface area contributed by atoms with E-state index < -0.39 is 5.91 Å². The van der Waals surface area contributed by atoms with E-state index in [2.05, 4.69) is 57.1 Å². The molecule has 1 aromatic rings. The molecule has 6 nitrogen and oxygen atoms in total. The zero-order valence-corrected chi connectivity index (χ0v) is 18.5. The van der Waals surface area contributed by atoms with E-state index in [4.69, 9.17) is 10.6 Å². The van der Waals surface area contributed by atoms with E-state index in [0.29, 0.717) is 0 Å². The minimum absolute atomic E-state index is 0.0390. The van der Waals surface area contributed by atoms with Crippen LogP contribution < -0.4 is 11.1 Å². The van der Waals surface area contributed by atoms with Gasteiger partial charge in [0.25, 0.3) is 0 Å². The number of primary amides is 1. The van der Waals surface area contributed by atoms with Gasteiger partial charge in [-0.25, -0.2) is 0 Å². The molecule has 0 aromatic heterocycles. The lowest BCUT2D eigenvalue weighted by molar-refractivity contribution is -0.316. The second kappa shape index (κ2) is 9.72. The molecule has 1 saturated heterocycles. The number of piperidine rings is 1. The molecule has 2 unspecified atom stereocenters. The number of hydrogen-bond donors (Lipinski definition) is 2. The second-order valence-electron chi connectivity index (χ2n) is 8.84. The van der Waals surface area contributed by atoms with Gasteiger partial charge in [-0.1, -0.05) is 44.2 Å². The van der Waals surface area contributed by atoms with Crippen molar-refractivity contribution in [2.75, 3.05) is 0 Å². The topological polar surface area (TPSA) is 84.7 Å². The average Bonchev–Trinajstić information content (AvgIpc) is 2.68. The quantitative estimate of drug-likeness (QED) is 0.656. The Labute approximate surface area is 175 Å². The van der Waals surface area contributed by atoms with Crippen LogP contribution in [0.2, 0.25) is 0 Å². The first-order valence-electron chi connectivity index (χ1n) is 10.7. The van der Waals surface area contributed by atoms with Crippen LogP contribution >= 0.6 is 0 Å². The number of carbonyl (C=O) groups is 2. The normalized spacial score (nSPS) is 22.0. The van der Waals surface area contributed by atoms with Gasteiger partial charge in [0.1, 0.15) is 6.10 Å². The van der Waals surface area contributed by atoms with Gasteiger partial charge in [0, 0.05) is 30.0 Å². The first kappa shape index (κ1) is 23.4. The van der Waals surface area contributed by atoms with E-state index in [1.165, 1.54) is 0 Å². The molecule has 0 radical (unpaired) electrons. The number of hydroxylamine groups is 2. The van der Waals surface area contributed by atoms with Gasteiger partial charge in [-0.2, -0.15) is 5.06 Å². The molecular weight excluding hydrogens is 366 g/mol. The van der Waals surface area contributed by atoms with E-state index in [1.807, 2.05) is 18.2 Å². The molecule has 0 saturated carbocycles. The summed E-state index contributed by atoms with van der Waals surface area (Å²) in [5.41, 5.74) is 5.89. The summed E-state index contributed by atoms with van der Waals surface area (Å²) in [4.78, 5) is 29.9. The van der Waals surface area contributed by atoms with Crippen molar-refractivity contribution in [3.63, 3.8) is 0 Å². The zero-order valence-electron chi connectivity index (χ0n) is 18.5. The molecule has 6 heteroatoms. The summed E-state index contributed by atoms with van der Waals surface area (Å²) in [6.07, 6.45) is 3.59. The van der Waals surface area contributed by atoms with E-state index in [0.717, 1.165) is 31.2 Å². The molecule has 2 amide bonds. The molecule has 162 valence electrons. The maximum absolute atomic E-state index is 12.3. The predicted octanol–water partition coefficient (Wildman–Crippen LogP) is 3.86. The fourth-order valence-corrected chi connectivity index (χ4v) is 4.60. The van der Waals surface area contributed by atoms with Crippen molar-refractivity contribution < 1.29 is 14.4 Å². The van der Waals surface area contributed by atoms with Gasteiger partial charge >= 0.3 is 0 Å². The van der Waals surface area contributed by atoms with Crippen LogP contribution in [0.1, 0.15) is 84.8 Å². The summed E-state index contributed by atoms with van der Waals surface area (Å²) < 4.78 is 0. The van der Waals surface area contributed by atoms with E-state index in [9.17, 15) is 9.59 Å². The minimum atomic E-state index is -0.449. The summed E-state index contributed by atoms with van der Waals surface area (Å²) in [5, 5.41) is 5.33. The molecule has 1 aliphatic rings. The Bertz CT molecular complexity index is 686. The minimum Gasteiger partial charge on any atom is -0.370 e. The monoisotopic (exact) mass is 403 g/mol. The number of nitrogens with zero attached hydrogens (tertiary/aromatic N) is 1. The van der Waals surface area contributed by atoms with E-state index in [-0.39, 0.29) is 42.0 Å². The van der Waals surface area contributed by atoms with E-state index >= 15 is 0 Å². The molecule has 0 bridgehead atoms. The van der Waals surface area contributed by atoms with Crippen molar-refractivity contribution in [3.8, 4) is 0 Å². The van der Waals surface area contributed by atoms with Crippen LogP contribution in [0.15, 0.2) is 30.3 Å². The van der Waals surface area contributed by atoms with Crippen molar-refractivity contribution in [1.82, 2.24) is 10.4 Å². The van der Waals surface area contributed by atoms with Crippen LogP contribution in [0, 0.1) is 0 Å². The van der Waals surface area contributed by atoms with Crippen LogP contribution in [-0.2, 0) is 14.4 Å². The SMILES string of the molecule is CCC1(CC)CC(NC(=O)CCC(N)=O)CC(C)(C)N1OC(C)c1ccccc1. The van der Waals surface area contributed by atoms with Gasteiger partial charge in [0.2, 0.25) is 11.8 Å². The third-order valence-electron chi connectivity index (χ3n) is 6.17. The molecule has 2 rings (SSSR count). The van der Waals surface area contributed by atoms with Gasteiger partial charge in [-0.3, -0.25) is 14.4 Å². The van der Waals surface area contributed by atoms with Gasteiger partial charge in [0.15, 0.2) is 0 Å². The third-order valence-corrected chi connectivity index (χ3v) is 6.17. The Morgan fingerprint density at radius 1 is 1.17 bits per heavy atom. The van der Waals surface area contributed by atoms with E-state index in [1.54, 1.807) is 0 Å². The van der Waals surface area contributed by atoms with Crippen molar-refractivity contribution in [1.29, 1.82) is 0 Å². The Morgan fingerprint density at radius 3 is 2.34 bits per heavy atom. The zero-order chi connectivity index (χ0) is 21.7. The third kappa shape index (κ3) is 5.80. The second-order valence-corrected chi connectivity index (χ2v) is 8.84. The van der Waals surface area contributed by atoms with Gasteiger partial charge in [0.05, 0.1) is 0 Å². The van der Waals surface area contributed by atoms with Crippen molar-refractivity contribution in [3.05, 3.63) is 35.9 Å². The van der Waals surface area contributed by atoms with Crippen molar-refractivity contribution in [2.24, 2.45) is 5.73 Å². The number of amides is 2. The summed E-state index contributed by atoms with van der Waals surface area (Å²) in [6.45, 7) is 10.8. The molecule has 1 fully saturated rings. The van der Waals surface area contributed by atoms with Crippen LogP contribution in [-0.4, -0.2) is 34.0 Å². The number of hydrogen-bond acceptors (Lipinski definition) is 4. The molecular formula is C23H37N3O3. The summed E-state index contributed by atoms with van der Waals surface area (Å²) >= 11 is 0. The Hall–Kier alpha value is -1.92. The highest BCUT2D eigenvalue weighted by Gasteiger charge is 2.50. The number of nitrogens with one attached hydrogen (secondary N) is 1. The highest BCUT2D eigenvalue weighted by molar-refractivity contribution is 5.82. The van der Waals surface area contributed by atoms with Crippen LogP contribution in [0.3, 0.4) is 0 Å². The smallest absolute Gasteiger partial charge is 0.220 e. The Morgan fingerprint density at radius 2 is 1.79 bits per heavy atom. The predicted molar refractivity (Wildman–Crippen MR) is 115 cm³/mol. The van der Waals surface area contributed by atoms with Crippen LogP contribution in [0.5, 0.6) is 0 Å². The van der Waals surface area contributed by atoms with Crippen molar-refractivity contribution in [2.45, 2.75) is 96.4 Å². The maximum atomic E-state index is 12.3. The average molecular weight is 404 g/mol. The highest BCUT2D eigenvalue weighted by Crippen LogP contribution is 2.44. The number of carbonyl (C=O) groups excluding carboxylic acids is 2. The summed E-state index contributed by atoms with van der Waals surface area (Å²) in [6, 6.07) is 10.3. The molecule has 2 atom stereocenters. The molecule has 1 heterocycles. The number of rotatable bonds is 9. The first-order valence-corrected chi connectivity index (χ1v) is 10.7. The standard InChI is InChI=1S/C23H37N3O3/c1-6-23(7-2)16-19(25-21(28)14-13-20(24)27)15-22(4,5)26(23)29-17(3)18-11-9-8-10-12-18/h8-12,17,19H,6-7,13-16H2,1-5H3,(H2,24,27)(H,25,28). The number of nitrogens with two attached hydrogens (primary N) is 1. The lowest BCUT2D eigenvalue weighted by Gasteiger charge is -2.57. The molecule has 29 heavy (non-hydrogen) atoms. The van der Waals surface area contributed by atoms with Gasteiger partial charge in [-0.05, 0) is 52.0 Å². The van der Waals surface area contributed by atoms with Gasteiger partial charge < -0.3 is 11.1 Å². The first-order chi connectivity index (χ1) is 13.6. The Kier molecular flexibility index (Phi) is 7.83. The highest BCUT2D eigenvalue weighted by atomic mass is 16.7. The molecule has 1 aliphatic heterocycles. The maximum Gasteiger partial charge on any atom is 0.220 e. The van der Waals surface area contributed by atoms with Crippen LogP contribution in [0.4, 0.5) is 0 Å². The molecule has 1 aromatic carbocycles. The Balaban J connectivity index is 2.18. The number of benzene rings is 1. The summed E-state index contributed by atoms with van der Waals surface area (Å²) in [7, 11) is 0. The fraction of sp³-hybridized carbons (Fsp3) is 0.652. The molecule has 0 spiro atoms. The lowest BCUT2D eigenvalue weighted by atomic mass is 9.74. The molecule has 3 N–H and O–H groups in total. The van der Waals surface area contributed by atoms with Gasteiger partial charge in [-0.15, -0.1) is 0 Å². The lowest BCUT2D eigenvalue weighted by Crippen LogP contribution is -2.66.